The molecule has 0 aliphatic carbocycles. The van der Waals surface area contributed by atoms with Crippen LogP contribution in [0.15, 0.2) is 0 Å². The summed E-state index contributed by atoms with van der Waals surface area (Å²) in [5.41, 5.74) is 0. The van der Waals surface area contributed by atoms with Gasteiger partial charge < -0.3 is 0 Å². The van der Waals surface area contributed by atoms with Crippen LogP contribution in [0.4, 0.5) is 0 Å². The van der Waals surface area contributed by atoms with Crippen molar-refractivity contribution in [3.05, 3.63) is 0 Å². The minimum absolute atomic E-state index is 0. The maximum atomic E-state index is 8.62. The third-order valence-corrected chi connectivity index (χ3v) is 0. The van der Waals surface area contributed by atoms with E-state index in [-0.39, 0.29) is 118 Å². The van der Waals surface area contributed by atoms with Gasteiger partial charge in [0.05, 0.1) is 0 Å². The third-order valence-electron chi connectivity index (χ3n) is 0. The van der Waals surface area contributed by atoms with Gasteiger partial charge in [0, 0.05) is 0 Å². The van der Waals surface area contributed by atoms with Crippen LogP contribution < -0.4 is 133 Å². The maximum absolute atomic E-state index is 8.62. The van der Waals surface area contributed by atoms with Gasteiger partial charge in [-0.05, 0) is 0 Å². The molecule has 0 radical (unpaired) electrons. The molecule has 0 rings (SSSR count). The topological polar surface area (TPSA) is 92.2 Å². The molecule has 0 N–H and O–H groups in total. The van der Waals surface area contributed by atoms with Crippen molar-refractivity contribution in [2.45, 2.75) is 0 Å². The van der Waals surface area contributed by atoms with Gasteiger partial charge in [-0.2, -0.15) is 0 Å². The Balaban J connectivity index is -0.0000000133. The molecular formula is Na4O4Ti. The van der Waals surface area contributed by atoms with Gasteiger partial charge in [0.15, 0.2) is 0 Å². The van der Waals surface area contributed by atoms with Gasteiger partial charge in [-0.25, -0.2) is 0 Å². The summed E-state index contributed by atoms with van der Waals surface area (Å²) < 4.78 is 34.5. The van der Waals surface area contributed by atoms with E-state index in [4.69, 9.17) is 14.8 Å². The van der Waals surface area contributed by atoms with Gasteiger partial charge in [-0.1, -0.05) is 0 Å². The summed E-state index contributed by atoms with van der Waals surface area (Å²) in [6.45, 7) is 0. The molecule has 9 heavy (non-hydrogen) atoms. The van der Waals surface area contributed by atoms with Crippen LogP contribution in [0.1, 0.15) is 0 Å². The molecule has 9 heteroatoms. The molecule has 4 nitrogen and oxygen atoms in total. The summed E-state index contributed by atoms with van der Waals surface area (Å²) in [7, 11) is 0. The zero-order valence-electron chi connectivity index (χ0n) is 6.13. The molecule has 0 spiro atoms. The standard InChI is InChI=1S/4Na.4O.Ti/q4*+1;4*-1;. The molecular weight excluding hydrogens is 204 g/mol. The van der Waals surface area contributed by atoms with Crippen LogP contribution in [0, 0.1) is 0 Å². The molecule has 0 amide bonds. The average Bonchev–Trinajstić information content (AvgIpc) is 0.722. The first kappa shape index (κ1) is 29.2. The molecule has 0 fully saturated rings. The van der Waals surface area contributed by atoms with Gasteiger partial charge in [0.25, 0.3) is 0 Å². The number of rotatable bonds is 0. The fourth-order valence-electron chi connectivity index (χ4n) is 0. The second-order valence-electron chi connectivity index (χ2n) is 0.500. The molecule has 0 unspecified atom stereocenters. The summed E-state index contributed by atoms with van der Waals surface area (Å²) in [6, 6.07) is 0. The SMILES string of the molecule is [Na+].[Na+].[Na+].[Na+].[O-][Ti]([O-])([O-])[O-]. The van der Waals surface area contributed by atoms with Crippen molar-refractivity contribution in [2.24, 2.45) is 0 Å². The van der Waals surface area contributed by atoms with Gasteiger partial charge in [-0.15, -0.1) is 0 Å². The monoisotopic (exact) mass is 204 g/mol. The Morgan fingerprint density at radius 1 is 0.556 bits per heavy atom. The van der Waals surface area contributed by atoms with E-state index in [9.17, 15) is 0 Å². The van der Waals surface area contributed by atoms with E-state index in [0.717, 1.165) is 0 Å². The molecule has 0 heterocycles. The Labute approximate surface area is 147 Å². The van der Waals surface area contributed by atoms with E-state index < -0.39 is 18.1 Å². The summed E-state index contributed by atoms with van der Waals surface area (Å²) in [5.74, 6) is 0. The van der Waals surface area contributed by atoms with E-state index in [1.54, 1.807) is 0 Å². The van der Waals surface area contributed by atoms with Crippen molar-refractivity contribution >= 4 is 0 Å². The number of hydrogen-bond acceptors (Lipinski definition) is 4. The fourth-order valence-corrected chi connectivity index (χ4v) is 0. The zero-order chi connectivity index (χ0) is 4.50. The summed E-state index contributed by atoms with van der Waals surface area (Å²) >= 11 is -6.00. The molecule has 0 aromatic rings. The van der Waals surface area contributed by atoms with Crippen molar-refractivity contribution in [1.82, 2.24) is 0 Å². The first-order chi connectivity index (χ1) is 2.00. The van der Waals surface area contributed by atoms with E-state index in [2.05, 4.69) is 0 Å². The van der Waals surface area contributed by atoms with Crippen LogP contribution in [0.3, 0.4) is 0 Å². The Hall–Kier alpha value is 4.55. The normalized spacial score (nSPS) is 6.67. The molecule has 0 bridgehead atoms. The molecule has 32 valence electrons. The van der Waals surface area contributed by atoms with Crippen molar-refractivity contribution < 1.29 is 151 Å². The van der Waals surface area contributed by atoms with E-state index >= 15 is 0 Å². The first-order valence-corrected chi connectivity index (χ1v) is 3.37. The average molecular weight is 204 g/mol. The Morgan fingerprint density at radius 3 is 0.556 bits per heavy atom. The predicted octanol–water partition coefficient (Wildman–Crippen LogP) is -16.7. The second kappa shape index (κ2) is 15.0. The van der Waals surface area contributed by atoms with Crippen LogP contribution in [0.25, 0.3) is 0 Å². The Morgan fingerprint density at radius 2 is 0.556 bits per heavy atom. The molecule has 0 atom stereocenters. The summed E-state index contributed by atoms with van der Waals surface area (Å²) in [4.78, 5) is 0. The molecule has 0 aromatic carbocycles. The Kier molecular flexibility index (Phi) is 48.8. The van der Waals surface area contributed by atoms with Crippen LogP contribution in [0.2, 0.25) is 0 Å². The van der Waals surface area contributed by atoms with Crippen molar-refractivity contribution in [2.75, 3.05) is 0 Å². The molecule has 0 aliphatic heterocycles. The van der Waals surface area contributed by atoms with Gasteiger partial charge in [0.1, 0.15) is 0 Å². The molecule has 0 saturated carbocycles. The van der Waals surface area contributed by atoms with Gasteiger partial charge >= 0.3 is 151 Å². The van der Waals surface area contributed by atoms with E-state index in [0.29, 0.717) is 0 Å². The van der Waals surface area contributed by atoms with Crippen LogP contribution >= 0.6 is 0 Å². The molecule has 0 saturated heterocycles. The first-order valence-electron chi connectivity index (χ1n) is 0.816. The summed E-state index contributed by atoms with van der Waals surface area (Å²) in [6.07, 6.45) is 0. The fraction of sp³-hybridized carbons (Fsp3) is 0. The number of hydrogen-bond donors (Lipinski definition) is 0. The third kappa shape index (κ3) is 67.4. The van der Waals surface area contributed by atoms with E-state index in [1.165, 1.54) is 0 Å². The van der Waals surface area contributed by atoms with E-state index in [1.807, 2.05) is 0 Å². The Bertz CT molecular complexity index is 28.0. The summed E-state index contributed by atoms with van der Waals surface area (Å²) in [5, 5.41) is 0. The zero-order valence-corrected chi connectivity index (χ0v) is 15.7. The minimum atomic E-state index is -6.00. The van der Waals surface area contributed by atoms with Crippen LogP contribution in [0.5, 0.6) is 0 Å². The molecule has 0 aromatic heterocycles. The van der Waals surface area contributed by atoms with Crippen molar-refractivity contribution in [1.29, 1.82) is 0 Å². The van der Waals surface area contributed by atoms with Gasteiger partial charge in [-0.3, -0.25) is 0 Å². The van der Waals surface area contributed by atoms with Gasteiger partial charge in [0.2, 0.25) is 0 Å². The predicted molar refractivity (Wildman–Crippen MR) is 0 cm³/mol. The van der Waals surface area contributed by atoms with Crippen molar-refractivity contribution in [3.8, 4) is 0 Å². The van der Waals surface area contributed by atoms with Crippen LogP contribution in [-0.2, 0) is 18.1 Å². The quantitative estimate of drug-likeness (QED) is 0.366. The molecule has 0 aliphatic rings. The van der Waals surface area contributed by atoms with Crippen molar-refractivity contribution in [3.63, 3.8) is 0 Å². The second-order valence-corrected chi connectivity index (χ2v) is 2.06. The van der Waals surface area contributed by atoms with Crippen LogP contribution in [-0.4, -0.2) is 0 Å².